The van der Waals surface area contributed by atoms with Gasteiger partial charge in [0.05, 0.1) is 5.69 Å². The minimum Gasteiger partial charge on any atom is -0.486 e. The maximum absolute atomic E-state index is 13.1. The van der Waals surface area contributed by atoms with E-state index in [2.05, 4.69) is 20.1 Å². The minimum absolute atomic E-state index is 0.0305. The molecule has 0 unspecified atom stereocenters. The lowest BCUT2D eigenvalue weighted by molar-refractivity contribution is -0.286. The lowest BCUT2D eigenvalue weighted by atomic mass is 10.2. The summed E-state index contributed by atoms with van der Waals surface area (Å²) >= 11 is 5.26. The van der Waals surface area contributed by atoms with Crippen LogP contribution in [0, 0.1) is 0 Å². The topological polar surface area (TPSA) is 61.0 Å². The molecule has 0 saturated carbocycles. The lowest BCUT2D eigenvalue weighted by Crippen LogP contribution is -2.25. The molecule has 2 aromatic carbocycles. The third-order valence-electron chi connectivity index (χ3n) is 3.47. The van der Waals surface area contributed by atoms with Gasteiger partial charge in [0.25, 0.3) is 0 Å². The molecule has 2 aliphatic heterocycles. The Labute approximate surface area is 146 Å². The maximum atomic E-state index is 13.1. The molecule has 130 valence electrons. The van der Waals surface area contributed by atoms with Crippen LogP contribution in [-0.4, -0.2) is 24.6 Å². The van der Waals surface area contributed by atoms with Gasteiger partial charge in [-0.2, -0.15) is 0 Å². The van der Waals surface area contributed by atoms with E-state index in [0.717, 1.165) is 0 Å². The second-order valence-corrected chi connectivity index (χ2v) is 5.65. The zero-order valence-electron chi connectivity index (χ0n) is 12.7. The fourth-order valence-corrected chi connectivity index (χ4v) is 2.71. The number of benzene rings is 2. The summed E-state index contributed by atoms with van der Waals surface area (Å²) in [5.41, 5.74) is 1.11. The first-order chi connectivity index (χ1) is 12.0. The zero-order chi connectivity index (χ0) is 17.4. The second-order valence-electron chi connectivity index (χ2n) is 5.24. The van der Waals surface area contributed by atoms with Crippen LogP contribution >= 0.6 is 12.2 Å². The number of ether oxygens (including phenoxy) is 4. The highest BCUT2D eigenvalue weighted by molar-refractivity contribution is 7.80. The molecule has 0 fully saturated rings. The molecule has 2 N–H and O–H groups in total. The van der Waals surface area contributed by atoms with Crippen molar-refractivity contribution in [1.29, 1.82) is 0 Å². The van der Waals surface area contributed by atoms with E-state index in [9.17, 15) is 8.78 Å². The molecule has 6 nitrogen and oxygen atoms in total. The highest BCUT2D eigenvalue weighted by Gasteiger charge is 2.43. The van der Waals surface area contributed by atoms with Crippen molar-refractivity contribution in [2.24, 2.45) is 0 Å². The van der Waals surface area contributed by atoms with Gasteiger partial charge in [0.1, 0.15) is 13.2 Å². The maximum Gasteiger partial charge on any atom is 0.586 e. The molecule has 0 amide bonds. The van der Waals surface area contributed by atoms with Gasteiger partial charge in [-0.1, -0.05) is 6.07 Å². The van der Waals surface area contributed by atoms with Crippen LogP contribution < -0.4 is 29.6 Å². The number of anilines is 2. The van der Waals surface area contributed by atoms with Crippen LogP contribution in [0.3, 0.4) is 0 Å². The number of para-hydroxylation sites is 1. The van der Waals surface area contributed by atoms with Crippen LogP contribution in [0.1, 0.15) is 0 Å². The van der Waals surface area contributed by atoms with Gasteiger partial charge in [-0.25, -0.2) is 0 Å². The molecule has 0 radical (unpaired) electrons. The average molecular weight is 366 g/mol. The summed E-state index contributed by atoms with van der Waals surface area (Å²) in [6.07, 6.45) is -3.65. The summed E-state index contributed by atoms with van der Waals surface area (Å²) < 4.78 is 46.0. The van der Waals surface area contributed by atoms with Crippen molar-refractivity contribution < 1.29 is 27.7 Å². The Morgan fingerprint density at radius 1 is 0.960 bits per heavy atom. The lowest BCUT2D eigenvalue weighted by Gasteiger charge is -2.21. The molecule has 0 atom stereocenters. The van der Waals surface area contributed by atoms with Crippen LogP contribution in [0.15, 0.2) is 36.4 Å². The van der Waals surface area contributed by atoms with Gasteiger partial charge in [-0.05, 0) is 36.5 Å². The van der Waals surface area contributed by atoms with Gasteiger partial charge in [0, 0.05) is 11.8 Å². The first kappa shape index (κ1) is 15.7. The van der Waals surface area contributed by atoms with Crippen molar-refractivity contribution in [3.8, 4) is 23.0 Å². The third-order valence-corrected chi connectivity index (χ3v) is 3.68. The molecule has 0 spiro atoms. The number of halogens is 2. The standard InChI is InChI=1S/C16H12F2N2O4S/c17-16(18)23-11-5-4-9(8-13(11)24-16)19-15(25)20-10-2-1-3-12-14(10)22-7-6-21-12/h1-5,8H,6-7H2,(H2,19,20,25). The van der Waals surface area contributed by atoms with E-state index in [4.69, 9.17) is 21.7 Å². The van der Waals surface area contributed by atoms with E-state index in [1.165, 1.54) is 12.1 Å². The monoisotopic (exact) mass is 366 g/mol. The van der Waals surface area contributed by atoms with Gasteiger partial charge in [0.2, 0.25) is 0 Å². The first-order valence-corrected chi connectivity index (χ1v) is 7.77. The number of fused-ring (bicyclic) bond motifs is 2. The Kier molecular flexibility index (Phi) is 3.72. The molecule has 0 aromatic heterocycles. The Bertz CT molecular complexity index is 847. The number of nitrogens with one attached hydrogen (secondary N) is 2. The Balaban J connectivity index is 1.47. The van der Waals surface area contributed by atoms with Crippen molar-refractivity contribution in [3.05, 3.63) is 36.4 Å². The second kappa shape index (κ2) is 5.92. The normalized spacial score (nSPS) is 16.2. The van der Waals surface area contributed by atoms with Crippen molar-refractivity contribution in [2.75, 3.05) is 23.8 Å². The zero-order valence-corrected chi connectivity index (χ0v) is 13.5. The van der Waals surface area contributed by atoms with Crippen LogP contribution in [-0.2, 0) is 0 Å². The summed E-state index contributed by atoms with van der Waals surface area (Å²) in [4.78, 5) is 0. The number of alkyl halides is 2. The fraction of sp³-hybridized carbons (Fsp3) is 0.188. The number of rotatable bonds is 2. The summed E-state index contributed by atoms with van der Waals surface area (Å²) in [5.74, 6) is 1.11. The smallest absolute Gasteiger partial charge is 0.486 e. The highest BCUT2D eigenvalue weighted by Crippen LogP contribution is 2.42. The molecule has 25 heavy (non-hydrogen) atoms. The van der Waals surface area contributed by atoms with Crippen LogP contribution in [0.2, 0.25) is 0 Å². The SMILES string of the molecule is FC1(F)Oc2ccc(NC(=S)Nc3cccc4c3OCCO4)cc2O1. The van der Waals surface area contributed by atoms with E-state index in [-0.39, 0.29) is 16.6 Å². The predicted molar refractivity (Wildman–Crippen MR) is 89.9 cm³/mol. The van der Waals surface area contributed by atoms with Gasteiger partial charge in [-0.15, -0.1) is 8.78 Å². The van der Waals surface area contributed by atoms with E-state index in [1.54, 1.807) is 24.3 Å². The molecule has 2 aliphatic rings. The molecule has 2 heterocycles. The molecular weight excluding hydrogens is 354 g/mol. The summed E-state index contributed by atoms with van der Waals surface area (Å²) in [6, 6.07) is 9.71. The van der Waals surface area contributed by atoms with Crippen molar-refractivity contribution in [2.45, 2.75) is 6.29 Å². The number of hydrogen-bond donors (Lipinski definition) is 2. The number of thiocarbonyl (C=S) groups is 1. The minimum atomic E-state index is -3.65. The summed E-state index contributed by atoms with van der Waals surface area (Å²) in [5, 5.41) is 6.15. The summed E-state index contributed by atoms with van der Waals surface area (Å²) in [7, 11) is 0. The molecule has 4 rings (SSSR count). The quantitative estimate of drug-likeness (QED) is 0.788. The first-order valence-electron chi connectivity index (χ1n) is 7.37. The van der Waals surface area contributed by atoms with Crippen LogP contribution in [0.5, 0.6) is 23.0 Å². The van der Waals surface area contributed by atoms with Gasteiger partial charge < -0.3 is 29.6 Å². The van der Waals surface area contributed by atoms with E-state index < -0.39 is 6.29 Å². The van der Waals surface area contributed by atoms with Crippen LogP contribution in [0.25, 0.3) is 0 Å². The summed E-state index contributed by atoms with van der Waals surface area (Å²) in [6.45, 7) is 0.934. The van der Waals surface area contributed by atoms with Gasteiger partial charge >= 0.3 is 6.29 Å². The van der Waals surface area contributed by atoms with Crippen LogP contribution in [0.4, 0.5) is 20.2 Å². The molecule has 0 bridgehead atoms. The Morgan fingerprint density at radius 3 is 2.64 bits per heavy atom. The Morgan fingerprint density at radius 2 is 1.76 bits per heavy atom. The van der Waals surface area contributed by atoms with Crippen molar-refractivity contribution >= 4 is 28.7 Å². The third kappa shape index (κ3) is 3.22. The molecule has 0 saturated heterocycles. The van der Waals surface area contributed by atoms with Gasteiger partial charge in [-0.3, -0.25) is 0 Å². The molecular formula is C16H12F2N2O4S. The highest BCUT2D eigenvalue weighted by atomic mass is 32.1. The molecule has 2 aromatic rings. The Hall–Kier alpha value is -2.81. The van der Waals surface area contributed by atoms with E-state index in [0.29, 0.717) is 36.1 Å². The molecule has 9 heteroatoms. The van der Waals surface area contributed by atoms with Crippen molar-refractivity contribution in [3.63, 3.8) is 0 Å². The number of hydrogen-bond acceptors (Lipinski definition) is 5. The average Bonchev–Trinajstić information content (AvgIpc) is 2.88. The van der Waals surface area contributed by atoms with E-state index in [1.807, 2.05) is 0 Å². The predicted octanol–water partition coefficient (Wildman–Crippen LogP) is 3.59. The van der Waals surface area contributed by atoms with Gasteiger partial charge in [0.15, 0.2) is 28.1 Å². The van der Waals surface area contributed by atoms with E-state index >= 15 is 0 Å². The molecule has 0 aliphatic carbocycles. The fourth-order valence-electron chi connectivity index (χ4n) is 2.48. The largest absolute Gasteiger partial charge is 0.586 e. The van der Waals surface area contributed by atoms with Crippen molar-refractivity contribution in [1.82, 2.24) is 0 Å².